The second kappa shape index (κ2) is 15.4. The van der Waals surface area contributed by atoms with Crippen LogP contribution in [0.5, 0.6) is 5.75 Å². The van der Waals surface area contributed by atoms with Crippen molar-refractivity contribution >= 4 is 35.2 Å². The molecule has 2 bridgehead atoms. The summed E-state index contributed by atoms with van der Waals surface area (Å²) in [5.74, 6) is -0.309. The molecule has 3 aliphatic heterocycles. The van der Waals surface area contributed by atoms with E-state index in [1.54, 1.807) is 22.7 Å². The van der Waals surface area contributed by atoms with Crippen LogP contribution in [0.25, 0.3) is 0 Å². The van der Waals surface area contributed by atoms with Gasteiger partial charge in [-0.1, -0.05) is 51.2 Å². The molecule has 1 spiro atoms. The molecule has 1 aliphatic carbocycles. The molecule has 9 heteroatoms. The predicted octanol–water partition coefficient (Wildman–Crippen LogP) is 5.84. The third kappa shape index (κ3) is 6.38. The fraction of sp³-hybridized carbons (Fsp3) is 0.649. The summed E-state index contributed by atoms with van der Waals surface area (Å²) in [6.45, 7) is 14.0. The van der Waals surface area contributed by atoms with Crippen molar-refractivity contribution in [2.24, 2.45) is 17.8 Å². The Hall–Kier alpha value is -2.78. The second-order valence-corrected chi connectivity index (χ2v) is 15.0. The first-order chi connectivity index (χ1) is 22.3. The fourth-order valence-corrected chi connectivity index (χ4v) is 11.1. The van der Waals surface area contributed by atoms with Crippen LogP contribution in [0.15, 0.2) is 49.6 Å². The van der Waals surface area contributed by atoms with Crippen molar-refractivity contribution in [1.82, 2.24) is 9.80 Å². The van der Waals surface area contributed by atoms with Crippen molar-refractivity contribution in [3.05, 3.63) is 49.6 Å². The Morgan fingerprint density at radius 2 is 1.74 bits per heavy atom. The Morgan fingerprint density at radius 1 is 1.04 bits per heavy atom. The number of fused-ring (bicyclic) bond motifs is 1. The standard InChI is InChI=1S/C37H53N3O5S/c1-5-21-38(28-17-19-29(20-18-28)45-7-3)34(42)31-30-25-26(4)37(46-30)32(31)35(43)40(23-13-8-9-14-24-41)33(37)36(44)39(22-6-2)27-15-11-10-12-16-27/h5-6,17-20,26-27,30-33,41H,1-2,7-16,21-25H2,3-4H3/t26?,30-,31+,32+,33?,37?/m1/s1. The molecule has 6 atom stereocenters. The lowest BCUT2D eigenvalue weighted by Gasteiger charge is -2.43. The van der Waals surface area contributed by atoms with Gasteiger partial charge in [0.05, 0.1) is 23.2 Å². The minimum Gasteiger partial charge on any atom is -0.494 e. The minimum atomic E-state index is -0.656. The number of amides is 3. The van der Waals surface area contributed by atoms with Gasteiger partial charge < -0.3 is 24.5 Å². The summed E-state index contributed by atoms with van der Waals surface area (Å²) < 4.78 is 4.98. The van der Waals surface area contributed by atoms with E-state index in [4.69, 9.17) is 4.74 Å². The number of ether oxygens (including phenoxy) is 1. The summed E-state index contributed by atoms with van der Waals surface area (Å²) in [5.41, 5.74) is 0.747. The van der Waals surface area contributed by atoms with E-state index in [1.165, 1.54) is 6.42 Å². The van der Waals surface area contributed by atoms with Crippen molar-refractivity contribution in [2.75, 3.05) is 37.7 Å². The van der Waals surface area contributed by atoms with Crippen molar-refractivity contribution in [3.63, 3.8) is 0 Å². The molecule has 3 amide bonds. The third-order valence-corrected chi connectivity index (χ3v) is 12.8. The summed E-state index contributed by atoms with van der Waals surface area (Å²) in [6.07, 6.45) is 12.9. The highest BCUT2D eigenvalue weighted by Gasteiger charge is 2.76. The van der Waals surface area contributed by atoms with E-state index < -0.39 is 22.6 Å². The van der Waals surface area contributed by atoms with Crippen molar-refractivity contribution in [2.45, 2.75) is 100 Å². The first kappa shape index (κ1) is 34.6. The number of aliphatic hydroxyl groups excluding tert-OH is 1. The Kier molecular flexibility index (Phi) is 11.6. The number of hydrogen-bond acceptors (Lipinski definition) is 6. The number of hydrogen-bond donors (Lipinski definition) is 1. The van der Waals surface area contributed by atoms with Gasteiger partial charge >= 0.3 is 0 Å². The Balaban J connectivity index is 1.50. The summed E-state index contributed by atoms with van der Waals surface area (Å²) >= 11 is 1.75. The first-order valence-electron chi connectivity index (χ1n) is 17.5. The molecule has 4 aliphatic rings. The van der Waals surface area contributed by atoms with Gasteiger partial charge in [0.1, 0.15) is 11.8 Å². The molecule has 252 valence electrons. The molecule has 4 fully saturated rings. The lowest BCUT2D eigenvalue weighted by Crippen LogP contribution is -2.59. The summed E-state index contributed by atoms with van der Waals surface area (Å²) in [5, 5.41) is 9.26. The Bertz CT molecular complexity index is 1250. The number of aliphatic hydroxyl groups is 1. The molecule has 1 aromatic rings. The van der Waals surface area contributed by atoms with Crippen LogP contribution in [0.3, 0.4) is 0 Å². The summed E-state index contributed by atoms with van der Waals surface area (Å²) in [6, 6.07) is 7.07. The number of unbranched alkanes of at least 4 members (excludes halogenated alkanes) is 3. The molecule has 46 heavy (non-hydrogen) atoms. The van der Waals surface area contributed by atoms with Gasteiger partial charge in [0.25, 0.3) is 0 Å². The van der Waals surface area contributed by atoms with Gasteiger partial charge in [-0.3, -0.25) is 14.4 Å². The molecule has 1 N–H and O–H groups in total. The number of nitrogens with zero attached hydrogens (tertiary/aromatic N) is 3. The third-order valence-electron chi connectivity index (χ3n) is 10.7. The number of carbonyl (C=O) groups excluding carboxylic acids is 3. The highest BCUT2D eigenvalue weighted by Crippen LogP contribution is 2.69. The van der Waals surface area contributed by atoms with Gasteiger partial charge in [0.2, 0.25) is 17.7 Å². The molecule has 0 radical (unpaired) electrons. The quantitative estimate of drug-likeness (QED) is 0.179. The number of rotatable bonds is 16. The van der Waals surface area contributed by atoms with E-state index >= 15 is 0 Å². The highest BCUT2D eigenvalue weighted by atomic mass is 32.2. The maximum Gasteiger partial charge on any atom is 0.247 e. The number of likely N-dealkylation sites (tertiary alicyclic amines) is 1. The normalized spacial score (nSPS) is 28.6. The smallest absolute Gasteiger partial charge is 0.247 e. The predicted molar refractivity (Wildman–Crippen MR) is 185 cm³/mol. The molecule has 8 nitrogen and oxygen atoms in total. The first-order valence-corrected chi connectivity index (χ1v) is 18.4. The average molecular weight is 652 g/mol. The van der Waals surface area contributed by atoms with Crippen LogP contribution in [-0.2, 0) is 14.4 Å². The van der Waals surface area contributed by atoms with Gasteiger partial charge in [-0.05, 0) is 69.2 Å². The highest BCUT2D eigenvalue weighted by molar-refractivity contribution is 8.02. The monoisotopic (exact) mass is 651 g/mol. The molecular formula is C37H53N3O5S. The Morgan fingerprint density at radius 3 is 2.39 bits per heavy atom. The van der Waals surface area contributed by atoms with Crippen LogP contribution in [-0.4, -0.2) is 87.6 Å². The van der Waals surface area contributed by atoms with Crippen LogP contribution in [0.2, 0.25) is 0 Å². The molecule has 3 unspecified atom stereocenters. The van der Waals surface area contributed by atoms with Gasteiger partial charge in [0, 0.05) is 43.2 Å². The molecule has 3 heterocycles. The maximum absolute atomic E-state index is 14.9. The number of carbonyl (C=O) groups is 3. The summed E-state index contributed by atoms with van der Waals surface area (Å²) in [7, 11) is 0. The van der Waals surface area contributed by atoms with E-state index in [2.05, 4.69) is 20.1 Å². The van der Waals surface area contributed by atoms with Gasteiger partial charge in [-0.15, -0.1) is 24.9 Å². The van der Waals surface area contributed by atoms with Crippen LogP contribution < -0.4 is 9.64 Å². The van der Waals surface area contributed by atoms with Crippen molar-refractivity contribution in [3.8, 4) is 5.75 Å². The van der Waals surface area contributed by atoms with Crippen molar-refractivity contribution in [1.29, 1.82) is 0 Å². The fourth-order valence-electron chi connectivity index (χ4n) is 8.70. The van der Waals surface area contributed by atoms with E-state index in [1.807, 2.05) is 47.1 Å². The lowest BCUT2D eigenvalue weighted by atomic mass is 9.65. The molecule has 5 rings (SSSR count). The van der Waals surface area contributed by atoms with Gasteiger partial charge in [-0.2, -0.15) is 0 Å². The largest absolute Gasteiger partial charge is 0.494 e. The molecule has 3 saturated heterocycles. The van der Waals surface area contributed by atoms with E-state index in [0.717, 1.165) is 69.2 Å². The zero-order valence-corrected chi connectivity index (χ0v) is 28.6. The zero-order chi connectivity index (χ0) is 32.8. The lowest BCUT2D eigenvalue weighted by molar-refractivity contribution is -0.144. The van der Waals surface area contributed by atoms with E-state index in [0.29, 0.717) is 26.2 Å². The Labute approximate surface area is 279 Å². The van der Waals surface area contributed by atoms with Crippen molar-refractivity contribution < 1.29 is 24.2 Å². The van der Waals surface area contributed by atoms with E-state index in [9.17, 15) is 19.5 Å². The second-order valence-electron chi connectivity index (χ2n) is 13.5. The van der Waals surface area contributed by atoms with Crippen LogP contribution in [0.1, 0.15) is 78.1 Å². The molecule has 0 aromatic heterocycles. The molecule has 1 aromatic carbocycles. The van der Waals surface area contributed by atoms with Crippen LogP contribution >= 0.6 is 11.8 Å². The van der Waals surface area contributed by atoms with Crippen LogP contribution in [0, 0.1) is 17.8 Å². The van der Waals surface area contributed by atoms with E-state index in [-0.39, 0.29) is 41.5 Å². The zero-order valence-electron chi connectivity index (χ0n) is 27.8. The number of anilines is 1. The molecular weight excluding hydrogens is 598 g/mol. The van der Waals surface area contributed by atoms with Gasteiger partial charge in [-0.25, -0.2) is 0 Å². The number of benzene rings is 1. The topological polar surface area (TPSA) is 90.4 Å². The average Bonchev–Trinajstić information content (AvgIpc) is 3.66. The maximum atomic E-state index is 14.9. The minimum absolute atomic E-state index is 0.0283. The SMILES string of the molecule is C=CCN(C(=O)[C@@H]1[C@H]2C(=O)N(CCCCCCO)C(C(=O)N(CC=C)C3CCCCC3)C23S[C@@H]1CC3C)c1ccc(OCC)cc1. The van der Waals surface area contributed by atoms with Gasteiger partial charge in [0.15, 0.2) is 0 Å². The number of thioether (sulfide) groups is 1. The van der Waals surface area contributed by atoms with Crippen LogP contribution in [0.4, 0.5) is 5.69 Å². The molecule has 1 saturated carbocycles. The summed E-state index contributed by atoms with van der Waals surface area (Å²) in [4.78, 5) is 50.0.